The fraction of sp³-hybridized carbons (Fsp3) is 0.200. The summed E-state index contributed by atoms with van der Waals surface area (Å²) in [6, 6.07) is 16.6. The smallest absolute Gasteiger partial charge is 0.133 e. The Kier molecular flexibility index (Phi) is 4.10. The second-order valence-electron chi connectivity index (χ2n) is 3.93. The van der Waals surface area contributed by atoms with Crippen LogP contribution < -0.4 is 4.74 Å². The van der Waals surface area contributed by atoms with E-state index in [1.165, 1.54) is 16.0 Å². The first kappa shape index (κ1) is 12.1. The number of hydrogen-bond donors (Lipinski definition) is 0. The van der Waals surface area contributed by atoms with Crippen LogP contribution in [0.2, 0.25) is 0 Å². The highest BCUT2D eigenvalue weighted by atomic mass is 32.2. The summed E-state index contributed by atoms with van der Waals surface area (Å²) in [5, 5.41) is 0. The van der Waals surface area contributed by atoms with E-state index in [0.29, 0.717) is 6.61 Å². The van der Waals surface area contributed by atoms with Crippen molar-refractivity contribution < 1.29 is 4.74 Å². The van der Waals surface area contributed by atoms with Crippen LogP contribution in [0, 0.1) is 6.92 Å². The van der Waals surface area contributed by atoms with Gasteiger partial charge in [0.15, 0.2) is 0 Å². The number of rotatable bonds is 4. The Bertz CT molecular complexity index is 480. The Balaban J connectivity index is 2.11. The van der Waals surface area contributed by atoms with Gasteiger partial charge in [-0.15, -0.1) is 11.8 Å². The molecule has 0 N–H and O–H groups in total. The predicted molar refractivity (Wildman–Crippen MR) is 73.7 cm³/mol. The van der Waals surface area contributed by atoms with Gasteiger partial charge in [-0.3, -0.25) is 0 Å². The molecule has 0 fully saturated rings. The van der Waals surface area contributed by atoms with Crippen molar-refractivity contribution in [2.75, 3.05) is 6.26 Å². The molecular formula is C15H16OS. The zero-order valence-corrected chi connectivity index (χ0v) is 11.0. The van der Waals surface area contributed by atoms with Crippen molar-refractivity contribution in [2.24, 2.45) is 0 Å². The summed E-state index contributed by atoms with van der Waals surface area (Å²) < 4.78 is 5.87. The molecule has 2 aromatic carbocycles. The molecule has 1 nitrogen and oxygen atoms in total. The summed E-state index contributed by atoms with van der Waals surface area (Å²) in [6.45, 7) is 2.71. The van der Waals surface area contributed by atoms with E-state index in [-0.39, 0.29) is 0 Å². The van der Waals surface area contributed by atoms with Crippen LogP contribution in [0.1, 0.15) is 11.1 Å². The fourth-order valence-electron chi connectivity index (χ4n) is 1.63. The first-order valence-corrected chi connectivity index (χ1v) is 6.83. The van der Waals surface area contributed by atoms with E-state index in [1.54, 1.807) is 11.8 Å². The van der Waals surface area contributed by atoms with Gasteiger partial charge in [0, 0.05) is 4.90 Å². The second kappa shape index (κ2) is 5.78. The molecule has 0 saturated carbocycles. The maximum Gasteiger partial charge on any atom is 0.133 e. The number of aryl methyl sites for hydroxylation is 1. The van der Waals surface area contributed by atoms with Crippen LogP contribution in [0.25, 0.3) is 0 Å². The van der Waals surface area contributed by atoms with Crippen molar-refractivity contribution in [1.82, 2.24) is 0 Å². The third-order valence-electron chi connectivity index (χ3n) is 2.56. The predicted octanol–water partition coefficient (Wildman–Crippen LogP) is 4.30. The summed E-state index contributed by atoms with van der Waals surface area (Å²) in [5.74, 6) is 0.973. The summed E-state index contributed by atoms with van der Waals surface area (Å²) in [5.41, 5.74) is 2.42. The lowest BCUT2D eigenvalue weighted by Gasteiger charge is -2.10. The van der Waals surface area contributed by atoms with Crippen molar-refractivity contribution >= 4 is 11.8 Å². The number of benzene rings is 2. The molecule has 0 atom stereocenters. The molecule has 88 valence electrons. The zero-order valence-electron chi connectivity index (χ0n) is 10.1. The Hall–Kier alpha value is -1.41. The van der Waals surface area contributed by atoms with Crippen LogP contribution in [0.5, 0.6) is 5.75 Å². The highest BCUT2D eigenvalue weighted by Gasteiger charge is 2.03. The van der Waals surface area contributed by atoms with E-state index in [2.05, 4.69) is 43.5 Å². The summed E-state index contributed by atoms with van der Waals surface area (Å²) in [4.78, 5) is 1.19. The van der Waals surface area contributed by atoms with Gasteiger partial charge in [0.25, 0.3) is 0 Å². The normalized spacial score (nSPS) is 10.2. The minimum atomic E-state index is 0.623. The van der Waals surface area contributed by atoms with Crippen molar-refractivity contribution in [1.29, 1.82) is 0 Å². The van der Waals surface area contributed by atoms with E-state index in [0.717, 1.165) is 5.75 Å². The number of thioether (sulfide) groups is 1. The Morgan fingerprint density at radius 3 is 2.53 bits per heavy atom. The van der Waals surface area contributed by atoms with Crippen LogP contribution in [-0.2, 0) is 6.61 Å². The first-order chi connectivity index (χ1) is 8.29. The molecule has 17 heavy (non-hydrogen) atoms. The molecule has 0 bridgehead atoms. The fourth-order valence-corrected chi connectivity index (χ4v) is 2.16. The number of hydrogen-bond acceptors (Lipinski definition) is 2. The van der Waals surface area contributed by atoms with Crippen LogP contribution in [0.15, 0.2) is 53.4 Å². The molecule has 2 aromatic rings. The molecule has 2 heteroatoms. The van der Waals surface area contributed by atoms with Gasteiger partial charge in [-0.2, -0.15) is 0 Å². The lowest BCUT2D eigenvalue weighted by atomic mass is 10.2. The molecule has 0 amide bonds. The average Bonchev–Trinajstić information content (AvgIpc) is 2.38. The molecule has 0 aromatic heterocycles. The second-order valence-corrected chi connectivity index (χ2v) is 4.78. The number of ether oxygens (including phenoxy) is 1. The summed E-state index contributed by atoms with van der Waals surface area (Å²) >= 11 is 1.71. The lowest BCUT2D eigenvalue weighted by molar-refractivity contribution is 0.299. The van der Waals surface area contributed by atoms with Crippen molar-refractivity contribution in [3.63, 3.8) is 0 Å². The average molecular weight is 244 g/mol. The van der Waals surface area contributed by atoms with Gasteiger partial charge in [-0.05, 0) is 36.4 Å². The third kappa shape index (κ3) is 3.27. The zero-order chi connectivity index (χ0) is 12.1. The topological polar surface area (TPSA) is 9.23 Å². The van der Waals surface area contributed by atoms with Gasteiger partial charge in [0.1, 0.15) is 12.4 Å². The maximum atomic E-state index is 5.87. The molecule has 0 aliphatic carbocycles. The molecule has 0 aliphatic rings. The van der Waals surface area contributed by atoms with Crippen molar-refractivity contribution in [3.05, 3.63) is 59.7 Å². The Labute approximate surface area is 107 Å². The molecule has 0 radical (unpaired) electrons. The van der Waals surface area contributed by atoms with E-state index in [4.69, 9.17) is 4.74 Å². The molecule has 0 unspecified atom stereocenters. The lowest BCUT2D eigenvalue weighted by Crippen LogP contribution is -1.96. The highest BCUT2D eigenvalue weighted by Crippen LogP contribution is 2.29. The van der Waals surface area contributed by atoms with Crippen LogP contribution in [0.3, 0.4) is 0 Å². The van der Waals surface area contributed by atoms with Crippen LogP contribution in [0.4, 0.5) is 0 Å². The molecule has 0 aliphatic heterocycles. The molecular weight excluding hydrogens is 228 g/mol. The van der Waals surface area contributed by atoms with Crippen molar-refractivity contribution in [3.8, 4) is 5.75 Å². The Morgan fingerprint density at radius 2 is 1.82 bits per heavy atom. The van der Waals surface area contributed by atoms with E-state index < -0.39 is 0 Å². The van der Waals surface area contributed by atoms with Gasteiger partial charge in [-0.1, -0.05) is 36.4 Å². The molecule has 0 saturated heterocycles. The highest BCUT2D eigenvalue weighted by molar-refractivity contribution is 7.98. The Morgan fingerprint density at radius 1 is 1.06 bits per heavy atom. The van der Waals surface area contributed by atoms with E-state index in [1.807, 2.05) is 18.2 Å². The monoisotopic (exact) mass is 244 g/mol. The third-order valence-corrected chi connectivity index (χ3v) is 3.33. The van der Waals surface area contributed by atoms with Gasteiger partial charge in [0.2, 0.25) is 0 Å². The summed E-state index contributed by atoms with van der Waals surface area (Å²) in [7, 11) is 0. The largest absolute Gasteiger partial charge is 0.488 e. The molecule has 0 heterocycles. The standard InChI is InChI=1S/C15H16OS/c1-12-8-9-15(17-2)14(10-12)16-11-13-6-4-3-5-7-13/h3-10H,11H2,1-2H3. The van der Waals surface area contributed by atoms with Gasteiger partial charge in [0.05, 0.1) is 0 Å². The first-order valence-electron chi connectivity index (χ1n) is 5.61. The van der Waals surface area contributed by atoms with E-state index in [9.17, 15) is 0 Å². The van der Waals surface area contributed by atoms with Crippen LogP contribution >= 0.6 is 11.8 Å². The minimum Gasteiger partial charge on any atom is -0.488 e. The van der Waals surface area contributed by atoms with Gasteiger partial charge in [-0.25, -0.2) is 0 Å². The van der Waals surface area contributed by atoms with Gasteiger partial charge < -0.3 is 4.74 Å². The minimum absolute atomic E-state index is 0.623. The summed E-state index contributed by atoms with van der Waals surface area (Å²) in [6.07, 6.45) is 2.07. The van der Waals surface area contributed by atoms with Gasteiger partial charge >= 0.3 is 0 Å². The maximum absolute atomic E-state index is 5.87. The molecule has 2 rings (SSSR count). The van der Waals surface area contributed by atoms with Crippen LogP contribution in [-0.4, -0.2) is 6.26 Å². The SMILES string of the molecule is CSc1ccc(C)cc1OCc1ccccc1. The molecule has 0 spiro atoms. The quantitative estimate of drug-likeness (QED) is 0.742. The van der Waals surface area contributed by atoms with Crippen molar-refractivity contribution in [2.45, 2.75) is 18.4 Å². The van der Waals surface area contributed by atoms with E-state index >= 15 is 0 Å².